The van der Waals surface area contributed by atoms with E-state index in [1.165, 1.54) is 0 Å². The summed E-state index contributed by atoms with van der Waals surface area (Å²) >= 11 is 0. The maximum absolute atomic E-state index is 10.6. The molecule has 2 saturated heterocycles. The Hall–Kier alpha value is -1.87. The van der Waals surface area contributed by atoms with E-state index in [1.54, 1.807) is 26.2 Å². The highest BCUT2D eigenvalue weighted by Gasteiger charge is 2.49. The predicted octanol–water partition coefficient (Wildman–Crippen LogP) is 1.91. The van der Waals surface area contributed by atoms with Gasteiger partial charge in [-0.3, -0.25) is 0 Å². The second-order valence-corrected chi connectivity index (χ2v) is 5.72. The normalized spacial score (nSPS) is 34.7. The van der Waals surface area contributed by atoms with Crippen LogP contribution in [0.1, 0.15) is 18.8 Å². The molecule has 0 bridgehead atoms. The maximum atomic E-state index is 10.6. The number of azide groups is 1. The summed E-state index contributed by atoms with van der Waals surface area (Å²) in [7, 11) is 1.59. The monoisotopic (exact) mass is 351 g/mol. The number of rotatable bonds is 5. The molecule has 0 aliphatic carbocycles. The Morgan fingerprint density at radius 3 is 2.72 bits per heavy atom. The Morgan fingerprint density at radius 2 is 2.08 bits per heavy atom. The van der Waals surface area contributed by atoms with Gasteiger partial charge in [0, 0.05) is 17.1 Å². The molecule has 2 aliphatic rings. The van der Waals surface area contributed by atoms with Crippen molar-refractivity contribution in [1.29, 1.82) is 0 Å². The second kappa shape index (κ2) is 8.01. The van der Waals surface area contributed by atoms with Crippen molar-refractivity contribution in [2.45, 2.75) is 43.9 Å². The highest BCUT2D eigenvalue weighted by molar-refractivity contribution is 5.28. The number of aliphatic hydroxyl groups is 1. The highest BCUT2D eigenvalue weighted by Crippen LogP contribution is 2.35. The molecule has 0 amide bonds. The second-order valence-electron chi connectivity index (χ2n) is 5.72. The van der Waals surface area contributed by atoms with E-state index in [0.717, 1.165) is 11.3 Å². The molecule has 6 atom stereocenters. The fraction of sp³-hybridized carbons (Fsp3) is 0.625. The third-order valence-electron chi connectivity index (χ3n) is 4.24. The Bertz CT molecular complexity index is 621. The molecule has 136 valence electrons. The Labute approximate surface area is 145 Å². The van der Waals surface area contributed by atoms with Crippen LogP contribution in [-0.2, 0) is 18.9 Å². The topological polar surface area (TPSA) is 115 Å². The van der Waals surface area contributed by atoms with E-state index in [2.05, 4.69) is 10.0 Å². The summed E-state index contributed by atoms with van der Waals surface area (Å²) < 4.78 is 27.9. The lowest BCUT2D eigenvalue weighted by Gasteiger charge is -2.46. The van der Waals surface area contributed by atoms with Crippen LogP contribution >= 0.6 is 0 Å². The van der Waals surface area contributed by atoms with Crippen LogP contribution in [0.2, 0.25) is 0 Å². The molecular weight excluding hydrogens is 330 g/mol. The maximum Gasteiger partial charge on any atom is 0.184 e. The van der Waals surface area contributed by atoms with Gasteiger partial charge in [0.25, 0.3) is 0 Å². The van der Waals surface area contributed by atoms with E-state index < -0.39 is 36.9 Å². The van der Waals surface area contributed by atoms with Crippen molar-refractivity contribution in [1.82, 2.24) is 0 Å². The molecule has 1 aromatic carbocycles. The zero-order chi connectivity index (χ0) is 17.8. The molecule has 0 saturated carbocycles. The highest BCUT2D eigenvalue weighted by atomic mass is 16.7. The summed E-state index contributed by atoms with van der Waals surface area (Å²) in [6, 6.07) is 6.37. The summed E-state index contributed by atoms with van der Waals surface area (Å²) in [4.78, 5) is 2.78. The first-order valence-electron chi connectivity index (χ1n) is 8.08. The molecule has 1 N–H and O–H groups in total. The molecule has 1 aromatic rings. The van der Waals surface area contributed by atoms with Crippen LogP contribution in [0, 0.1) is 0 Å². The van der Waals surface area contributed by atoms with Gasteiger partial charge >= 0.3 is 0 Å². The van der Waals surface area contributed by atoms with Crippen molar-refractivity contribution >= 4 is 0 Å². The van der Waals surface area contributed by atoms with Crippen molar-refractivity contribution in [3.8, 4) is 5.75 Å². The fourth-order valence-corrected chi connectivity index (χ4v) is 2.99. The number of nitrogens with zero attached hydrogens (tertiary/aromatic N) is 3. The molecule has 9 heteroatoms. The van der Waals surface area contributed by atoms with Gasteiger partial charge in [-0.05, 0) is 24.6 Å². The van der Waals surface area contributed by atoms with Gasteiger partial charge in [-0.15, -0.1) is 0 Å². The van der Waals surface area contributed by atoms with Crippen molar-refractivity contribution in [3.63, 3.8) is 0 Å². The van der Waals surface area contributed by atoms with Crippen molar-refractivity contribution in [3.05, 3.63) is 40.3 Å². The van der Waals surface area contributed by atoms with Crippen LogP contribution in [0.3, 0.4) is 0 Å². The number of benzene rings is 1. The third kappa shape index (κ3) is 3.72. The zero-order valence-electron chi connectivity index (χ0n) is 14.0. The van der Waals surface area contributed by atoms with Gasteiger partial charge in [0.2, 0.25) is 0 Å². The molecular formula is C16H21N3O6. The fourth-order valence-electron chi connectivity index (χ4n) is 2.99. The molecule has 0 radical (unpaired) electrons. The zero-order valence-corrected chi connectivity index (χ0v) is 14.0. The first kappa shape index (κ1) is 17.9. The largest absolute Gasteiger partial charge is 0.497 e. The molecule has 2 fully saturated rings. The molecule has 0 aromatic heterocycles. The van der Waals surface area contributed by atoms with E-state index in [1.807, 2.05) is 12.1 Å². The lowest BCUT2D eigenvalue weighted by atomic mass is 9.96. The van der Waals surface area contributed by atoms with Crippen LogP contribution in [0.15, 0.2) is 29.4 Å². The number of fused-ring (bicyclic) bond motifs is 1. The Morgan fingerprint density at radius 1 is 1.32 bits per heavy atom. The van der Waals surface area contributed by atoms with Gasteiger partial charge in [-0.1, -0.05) is 17.2 Å². The predicted molar refractivity (Wildman–Crippen MR) is 85.8 cm³/mol. The van der Waals surface area contributed by atoms with Crippen molar-refractivity contribution in [2.75, 3.05) is 20.3 Å². The minimum Gasteiger partial charge on any atom is -0.497 e. The molecule has 9 nitrogen and oxygen atoms in total. The molecule has 3 rings (SSSR count). The smallest absolute Gasteiger partial charge is 0.184 e. The van der Waals surface area contributed by atoms with E-state index in [0.29, 0.717) is 6.61 Å². The summed E-state index contributed by atoms with van der Waals surface area (Å²) in [6.45, 7) is 2.38. The number of hydrogen-bond acceptors (Lipinski definition) is 7. The van der Waals surface area contributed by atoms with Gasteiger partial charge in [0.05, 0.1) is 19.8 Å². The van der Waals surface area contributed by atoms with Crippen molar-refractivity contribution in [2.24, 2.45) is 5.11 Å². The SMILES string of the molecule is CCO[C@@H]1OC2COC(c3ccc(OC)cc3)O[C@H]2[C@H](O)C1N=[N+]=[N-]. The van der Waals surface area contributed by atoms with E-state index in [4.69, 9.17) is 29.2 Å². The molecule has 2 aliphatic heterocycles. The third-order valence-corrected chi connectivity index (χ3v) is 4.24. The summed E-state index contributed by atoms with van der Waals surface area (Å²) in [5, 5.41) is 14.2. The minimum absolute atomic E-state index is 0.227. The van der Waals surface area contributed by atoms with Gasteiger partial charge < -0.3 is 28.8 Å². The van der Waals surface area contributed by atoms with Gasteiger partial charge in [0.1, 0.15) is 24.0 Å². The van der Waals surface area contributed by atoms with E-state index >= 15 is 0 Å². The average molecular weight is 351 g/mol. The minimum atomic E-state index is -1.06. The Balaban J connectivity index is 1.75. The number of ether oxygens (including phenoxy) is 5. The van der Waals surface area contributed by atoms with Gasteiger partial charge in [-0.25, -0.2) is 0 Å². The van der Waals surface area contributed by atoms with Crippen molar-refractivity contribution < 1.29 is 28.8 Å². The average Bonchev–Trinajstić information content (AvgIpc) is 2.65. The van der Waals surface area contributed by atoms with Crippen LogP contribution in [0.25, 0.3) is 10.4 Å². The molecule has 25 heavy (non-hydrogen) atoms. The molecule has 0 spiro atoms. The number of aliphatic hydroxyl groups excluding tert-OH is 1. The number of methoxy groups -OCH3 is 1. The van der Waals surface area contributed by atoms with Crippen LogP contribution in [0.5, 0.6) is 5.75 Å². The van der Waals surface area contributed by atoms with E-state index in [9.17, 15) is 5.11 Å². The van der Waals surface area contributed by atoms with Gasteiger partial charge in [0.15, 0.2) is 12.6 Å². The van der Waals surface area contributed by atoms with Crippen LogP contribution < -0.4 is 4.74 Å². The lowest BCUT2D eigenvalue weighted by molar-refractivity contribution is -0.341. The summed E-state index contributed by atoms with van der Waals surface area (Å²) in [6.07, 6.45) is -3.74. The van der Waals surface area contributed by atoms with E-state index in [-0.39, 0.29) is 6.61 Å². The molecule has 3 unspecified atom stereocenters. The quantitative estimate of drug-likeness (QED) is 0.492. The summed E-state index contributed by atoms with van der Waals surface area (Å²) in [5.41, 5.74) is 9.55. The molecule has 2 heterocycles. The van der Waals surface area contributed by atoms with Crippen LogP contribution in [0.4, 0.5) is 0 Å². The first-order chi connectivity index (χ1) is 12.2. The number of hydrogen-bond donors (Lipinski definition) is 1. The standard InChI is InChI=1S/C16H21N3O6/c1-3-22-16-12(18-19-17)13(20)14-11(24-16)8-23-15(25-14)9-4-6-10(21-2)7-5-9/h4-7,11-16,20H,3,8H2,1-2H3/t11?,12?,13-,14-,15?,16-/m1/s1. The van der Waals surface area contributed by atoms with Crippen LogP contribution in [-0.4, -0.2) is 56.1 Å². The lowest BCUT2D eigenvalue weighted by Crippen LogP contribution is -2.61. The summed E-state index contributed by atoms with van der Waals surface area (Å²) in [5.74, 6) is 0.724. The van der Waals surface area contributed by atoms with Gasteiger partial charge in [-0.2, -0.15) is 0 Å². The Kier molecular flexibility index (Phi) is 5.74. The first-order valence-corrected chi connectivity index (χ1v) is 8.08.